The van der Waals surface area contributed by atoms with Crippen molar-refractivity contribution in [2.24, 2.45) is 5.73 Å². The van der Waals surface area contributed by atoms with Crippen molar-refractivity contribution in [1.29, 1.82) is 0 Å². The van der Waals surface area contributed by atoms with Crippen molar-refractivity contribution in [2.75, 3.05) is 0 Å². The van der Waals surface area contributed by atoms with Crippen molar-refractivity contribution in [3.05, 3.63) is 5.82 Å². The smallest absolute Gasteiger partial charge is 0.230 e. The van der Waals surface area contributed by atoms with Crippen LogP contribution in [0.2, 0.25) is 0 Å². The number of aromatic nitrogens is 3. The summed E-state index contributed by atoms with van der Waals surface area (Å²) in [5.41, 5.74) is 5.24. The molecule has 0 bridgehead atoms. The second kappa shape index (κ2) is 4.45. The zero-order valence-corrected chi connectivity index (χ0v) is 10.3. The summed E-state index contributed by atoms with van der Waals surface area (Å²) in [7, 11) is 0. The van der Waals surface area contributed by atoms with Crippen LogP contribution in [0.3, 0.4) is 0 Å². The Kier molecular flexibility index (Phi) is 3.18. The molecule has 1 atom stereocenters. The van der Waals surface area contributed by atoms with Gasteiger partial charge in [-0.15, -0.1) is 10.2 Å². The van der Waals surface area contributed by atoms with Crippen LogP contribution in [-0.4, -0.2) is 25.9 Å². The fourth-order valence-corrected chi connectivity index (χ4v) is 2.41. The van der Waals surface area contributed by atoms with E-state index in [1.165, 1.54) is 24.6 Å². The molecule has 2 N–H and O–H groups in total. The van der Waals surface area contributed by atoms with E-state index in [4.69, 9.17) is 5.73 Å². The first-order chi connectivity index (χ1) is 7.63. The number of carbonyl (C=O) groups excluding carboxylic acids is 1. The van der Waals surface area contributed by atoms with E-state index in [9.17, 15) is 4.79 Å². The molecular formula is C10H16N4OS. The van der Waals surface area contributed by atoms with Crippen LogP contribution in [0.1, 0.15) is 38.4 Å². The number of hydrogen-bond acceptors (Lipinski definition) is 4. The van der Waals surface area contributed by atoms with E-state index in [0.717, 1.165) is 17.5 Å². The van der Waals surface area contributed by atoms with Crippen LogP contribution in [0.5, 0.6) is 0 Å². The Morgan fingerprint density at radius 1 is 1.62 bits per heavy atom. The highest BCUT2D eigenvalue weighted by atomic mass is 32.2. The molecule has 1 aromatic heterocycles. The Morgan fingerprint density at radius 2 is 2.31 bits per heavy atom. The Balaban J connectivity index is 2.17. The van der Waals surface area contributed by atoms with Crippen LogP contribution < -0.4 is 5.73 Å². The first-order valence-electron chi connectivity index (χ1n) is 5.52. The van der Waals surface area contributed by atoms with Crippen molar-refractivity contribution >= 4 is 17.7 Å². The highest BCUT2D eigenvalue weighted by molar-refractivity contribution is 8.00. The second-order valence-electron chi connectivity index (χ2n) is 4.02. The summed E-state index contributed by atoms with van der Waals surface area (Å²) in [5, 5.41) is 8.88. The largest absolute Gasteiger partial charge is 0.369 e. The molecule has 1 aliphatic rings. The fraction of sp³-hybridized carbons (Fsp3) is 0.700. The predicted molar refractivity (Wildman–Crippen MR) is 62.2 cm³/mol. The zero-order chi connectivity index (χ0) is 11.7. The summed E-state index contributed by atoms with van der Waals surface area (Å²) >= 11 is 1.38. The molecule has 0 aliphatic heterocycles. The summed E-state index contributed by atoms with van der Waals surface area (Å²) in [5.74, 6) is 1.32. The molecule has 1 aliphatic carbocycles. The molecule has 16 heavy (non-hydrogen) atoms. The lowest BCUT2D eigenvalue weighted by Crippen LogP contribution is -2.23. The van der Waals surface area contributed by atoms with Gasteiger partial charge in [-0.1, -0.05) is 11.8 Å². The topological polar surface area (TPSA) is 73.8 Å². The number of carbonyl (C=O) groups is 1. The highest BCUT2D eigenvalue weighted by Crippen LogP contribution is 2.40. The fourth-order valence-electron chi connectivity index (χ4n) is 1.54. The van der Waals surface area contributed by atoms with Gasteiger partial charge in [0.1, 0.15) is 5.82 Å². The number of nitrogens with two attached hydrogens (primary N) is 1. The molecule has 1 heterocycles. The molecule has 0 radical (unpaired) electrons. The summed E-state index contributed by atoms with van der Waals surface area (Å²) in [6, 6.07) is 0. The van der Waals surface area contributed by atoms with E-state index in [1.807, 2.05) is 0 Å². The van der Waals surface area contributed by atoms with E-state index < -0.39 is 0 Å². The Labute approximate surface area is 98.8 Å². The summed E-state index contributed by atoms with van der Waals surface area (Å²) in [4.78, 5) is 11.0. The van der Waals surface area contributed by atoms with Gasteiger partial charge in [-0.3, -0.25) is 4.79 Å². The molecular weight excluding hydrogens is 224 g/mol. The molecule has 0 saturated heterocycles. The van der Waals surface area contributed by atoms with Crippen LogP contribution in [0.4, 0.5) is 0 Å². The molecule has 5 nitrogen and oxygen atoms in total. The normalized spacial score (nSPS) is 17.4. The van der Waals surface area contributed by atoms with Gasteiger partial charge >= 0.3 is 0 Å². The van der Waals surface area contributed by atoms with Crippen molar-refractivity contribution in [3.8, 4) is 0 Å². The average Bonchev–Trinajstić information content (AvgIpc) is 3.01. The number of primary amides is 1. The Bertz CT molecular complexity index is 400. The minimum absolute atomic E-state index is 0.262. The van der Waals surface area contributed by atoms with Gasteiger partial charge in [0.05, 0.1) is 5.25 Å². The minimum Gasteiger partial charge on any atom is -0.369 e. The van der Waals surface area contributed by atoms with Gasteiger partial charge in [-0.05, 0) is 26.7 Å². The van der Waals surface area contributed by atoms with E-state index in [0.29, 0.717) is 5.92 Å². The Morgan fingerprint density at radius 3 is 2.81 bits per heavy atom. The van der Waals surface area contributed by atoms with Gasteiger partial charge in [0.15, 0.2) is 5.16 Å². The van der Waals surface area contributed by atoms with Crippen molar-refractivity contribution in [2.45, 2.75) is 49.6 Å². The van der Waals surface area contributed by atoms with Crippen molar-refractivity contribution in [3.63, 3.8) is 0 Å². The molecule has 1 aromatic rings. The molecule has 1 amide bonds. The molecule has 0 aromatic carbocycles. The van der Waals surface area contributed by atoms with Crippen molar-refractivity contribution < 1.29 is 4.79 Å². The quantitative estimate of drug-likeness (QED) is 0.783. The first-order valence-corrected chi connectivity index (χ1v) is 6.40. The lowest BCUT2D eigenvalue weighted by Gasteiger charge is -2.08. The van der Waals surface area contributed by atoms with Gasteiger partial charge < -0.3 is 10.3 Å². The van der Waals surface area contributed by atoms with Crippen molar-refractivity contribution in [1.82, 2.24) is 14.8 Å². The van der Waals surface area contributed by atoms with Gasteiger partial charge in [0.2, 0.25) is 5.91 Å². The standard InChI is InChI=1S/C10H16N4OS/c1-3-14-9(7-4-5-7)12-13-10(14)16-6(2)8(11)15/h6-7H,3-5H2,1-2H3,(H2,11,15)/t6-/m0/s1. The molecule has 0 unspecified atom stereocenters. The SMILES string of the molecule is CCn1c(S[C@@H](C)C(N)=O)nnc1C1CC1. The molecule has 1 fully saturated rings. The van der Waals surface area contributed by atoms with E-state index >= 15 is 0 Å². The molecule has 88 valence electrons. The van der Waals surface area contributed by atoms with Crippen LogP contribution in [0.15, 0.2) is 5.16 Å². The summed E-state index contributed by atoms with van der Waals surface area (Å²) in [6.45, 7) is 4.69. The lowest BCUT2D eigenvalue weighted by atomic mass is 10.4. The highest BCUT2D eigenvalue weighted by Gasteiger charge is 2.30. The molecule has 0 spiro atoms. The Hall–Kier alpha value is -1.04. The van der Waals surface area contributed by atoms with Crippen LogP contribution in [0, 0.1) is 0 Å². The maximum absolute atomic E-state index is 11.0. The summed E-state index contributed by atoms with van der Waals surface area (Å²) in [6.07, 6.45) is 2.41. The third-order valence-corrected chi connectivity index (χ3v) is 3.79. The van der Waals surface area contributed by atoms with Gasteiger partial charge in [-0.2, -0.15) is 0 Å². The third kappa shape index (κ3) is 2.21. The number of rotatable bonds is 5. The third-order valence-electron chi connectivity index (χ3n) is 2.69. The number of thioether (sulfide) groups is 1. The van der Waals surface area contributed by atoms with E-state index in [-0.39, 0.29) is 11.2 Å². The summed E-state index contributed by atoms with van der Waals surface area (Å²) < 4.78 is 2.09. The van der Waals surface area contributed by atoms with Gasteiger partial charge in [0.25, 0.3) is 0 Å². The van der Waals surface area contributed by atoms with E-state index in [2.05, 4.69) is 21.7 Å². The minimum atomic E-state index is -0.316. The lowest BCUT2D eigenvalue weighted by molar-refractivity contribution is -0.117. The monoisotopic (exact) mass is 240 g/mol. The number of hydrogen-bond donors (Lipinski definition) is 1. The molecule has 6 heteroatoms. The maximum Gasteiger partial charge on any atom is 0.230 e. The van der Waals surface area contributed by atoms with Gasteiger partial charge in [-0.25, -0.2) is 0 Å². The first kappa shape index (κ1) is 11.4. The van der Waals surface area contributed by atoms with Crippen LogP contribution >= 0.6 is 11.8 Å². The average molecular weight is 240 g/mol. The van der Waals surface area contributed by atoms with Gasteiger partial charge in [0, 0.05) is 12.5 Å². The molecule has 2 rings (SSSR count). The number of amides is 1. The van der Waals surface area contributed by atoms with Crippen LogP contribution in [-0.2, 0) is 11.3 Å². The maximum atomic E-state index is 11.0. The van der Waals surface area contributed by atoms with Crippen LogP contribution in [0.25, 0.3) is 0 Å². The second-order valence-corrected chi connectivity index (χ2v) is 5.33. The zero-order valence-electron chi connectivity index (χ0n) is 9.51. The number of nitrogens with zero attached hydrogens (tertiary/aromatic N) is 3. The molecule has 1 saturated carbocycles. The predicted octanol–water partition coefficient (Wildman–Crippen LogP) is 1.14. The van der Waals surface area contributed by atoms with E-state index in [1.54, 1.807) is 6.92 Å².